The summed E-state index contributed by atoms with van der Waals surface area (Å²) >= 11 is 0. The molecule has 14 heavy (non-hydrogen) atoms. The maximum atomic E-state index is 10.5. The molecule has 1 aromatic rings. The Morgan fingerprint density at radius 2 is 2.21 bits per heavy atom. The molecule has 78 valence electrons. The summed E-state index contributed by atoms with van der Waals surface area (Å²) in [7, 11) is 4.07. The third-order valence-corrected chi connectivity index (χ3v) is 2.11. The van der Waals surface area contributed by atoms with Gasteiger partial charge in [0.1, 0.15) is 5.69 Å². The molecule has 0 bridgehead atoms. The van der Waals surface area contributed by atoms with Gasteiger partial charge >= 0.3 is 0 Å². The van der Waals surface area contributed by atoms with Gasteiger partial charge in [-0.05, 0) is 34.0 Å². The van der Waals surface area contributed by atoms with Gasteiger partial charge in [0.25, 0.3) is 0 Å². The molecule has 0 N–H and O–H groups in total. The van der Waals surface area contributed by atoms with E-state index in [1.807, 2.05) is 21.0 Å². The number of carbonyl (C=O) groups is 1. The first-order valence-corrected chi connectivity index (χ1v) is 4.65. The minimum atomic E-state index is 0.440. The van der Waals surface area contributed by atoms with E-state index in [2.05, 4.69) is 15.2 Å². The highest BCUT2D eigenvalue weighted by Crippen LogP contribution is 2.01. The number of nitrogens with zero attached hydrogens (tertiary/aromatic N) is 4. The second-order valence-electron chi connectivity index (χ2n) is 3.56. The molecule has 0 saturated carbocycles. The van der Waals surface area contributed by atoms with E-state index in [-0.39, 0.29) is 0 Å². The molecule has 0 atom stereocenters. The molecule has 0 aliphatic heterocycles. The second kappa shape index (κ2) is 4.85. The Labute approximate surface area is 83.7 Å². The number of hydrogen-bond donors (Lipinski definition) is 0. The number of hydrogen-bond acceptors (Lipinski definition) is 4. The van der Waals surface area contributed by atoms with Crippen LogP contribution in [0, 0.1) is 6.92 Å². The molecular formula is C9H16N4O. The van der Waals surface area contributed by atoms with Crippen molar-refractivity contribution in [3.05, 3.63) is 11.4 Å². The van der Waals surface area contributed by atoms with Gasteiger partial charge in [0.05, 0.1) is 5.69 Å². The van der Waals surface area contributed by atoms with Crippen LogP contribution in [0.25, 0.3) is 0 Å². The molecule has 1 rings (SSSR count). The SMILES string of the molecule is Cc1c(C=O)nnn1CCCN(C)C. The molecule has 5 heteroatoms. The molecule has 0 aliphatic carbocycles. The van der Waals surface area contributed by atoms with Crippen molar-refractivity contribution in [1.82, 2.24) is 19.9 Å². The largest absolute Gasteiger partial charge is 0.309 e. The third-order valence-electron chi connectivity index (χ3n) is 2.11. The summed E-state index contributed by atoms with van der Waals surface area (Å²) < 4.78 is 1.77. The standard InChI is InChI=1S/C9H16N4O/c1-8-9(7-14)10-11-13(8)6-4-5-12(2)3/h7H,4-6H2,1-3H3. The average molecular weight is 196 g/mol. The van der Waals surface area contributed by atoms with Crippen molar-refractivity contribution in [3.8, 4) is 0 Å². The lowest BCUT2D eigenvalue weighted by atomic mass is 10.3. The number of aromatic nitrogens is 3. The normalized spacial score (nSPS) is 10.9. The Kier molecular flexibility index (Phi) is 3.76. The molecule has 0 aliphatic rings. The Balaban J connectivity index is 2.50. The van der Waals surface area contributed by atoms with Gasteiger partial charge in [0.2, 0.25) is 0 Å². The Morgan fingerprint density at radius 1 is 1.50 bits per heavy atom. The van der Waals surface area contributed by atoms with Crippen LogP contribution in [0.1, 0.15) is 22.6 Å². The second-order valence-corrected chi connectivity index (χ2v) is 3.56. The van der Waals surface area contributed by atoms with Crippen LogP contribution < -0.4 is 0 Å². The van der Waals surface area contributed by atoms with Crippen molar-refractivity contribution in [2.75, 3.05) is 20.6 Å². The van der Waals surface area contributed by atoms with Crippen molar-refractivity contribution in [2.45, 2.75) is 19.9 Å². The van der Waals surface area contributed by atoms with Crippen molar-refractivity contribution in [1.29, 1.82) is 0 Å². The van der Waals surface area contributed by atoms with Gasteiger partial charge in [-0.3, -0.25) is 4.79 Å². The first-order chi connectivity index (χ1) is 6.65. The molecular weight excluding hydrogens is 180 g/mol. The summed E-state index contributed by atoms with van der Waals surface area (Å²) in [6.45, 7) is 3.68. The quantitative estimate of drug-likeness (QED) is 0.638. The van der Waals surface area contributed by atoms with Gasteiger partial charge in [0.15, 0.2) is 6.29 Å². The Bertz CT molecular complexity index is 306. The fraction of sp³-hybridized carbons (Fsp3) is 0.667. The monoisotopic (exact) mass is 196 g/mol. The van der Waals surface area contributed by atoms with Crippen LogP contribution in [0.2, 0.25) is 0 Å². The zero-order chi connectivity index (χ0) is 10.6. The summed E-state index contributed by atoms with van der Waals surface area (Å²) in [5.41, 5.74) is 1.29. The van der Waals surface area contributed by atoms with E-state index in [0.29, 0.717) is 5.69 Å². The number of rotatable bonds is 5. The number of carbonyl (C=O) groups excluding carboxylic acids is 1. The van der Waals surface area contributed by atoms with Crippen LogP contribution in [-0.2, 0) is 6.54 Å². The predicted octanol–water partition coefficient (Wildman–Crippen LogP) is 0.351. The Morgan fingerprint density at radius 3 is 2.71 bits per heavy atom. The van der Waals surface area contributed by atoms with Gasteiger partial charge < -0.3 is 4.90 Å². The van der Waals surface area contributed by atoms with Gasteiger partial charge in [0, 0.05) is 6.54 Å². The molecule has 1 heterocycles. The highest BCUT2D eigenvalue weighted by molar-refractivity contribution is 5.72. The highest BCUT2D eigenvalue weighted by atomic mass is 16.1. The van der Waals surface area contributed by atoms with Crippen molar-refractivity contribution in [2.24, 2.45) is 0 Å². The van der Waals surface area contributed by atoms with Gasteiger partial charge in [-0.25, -0.2) is 4.68 Å². The first-order valence-electron chi connectivity index (χ1n) is 4.65. The summed E-state index contributed by atoms with van der Waals surface area (Å²) in [4.78, 5) is 12.6. The molecule has 0 aromatic carbocycles. The number of aldehydes is 1. The highest BCUT2D eigenvalue weighted by Gasteiger charge is 2.06. The van der Waals surface area contributed by atoms with Crippen molar-refractivity contribution >= 4 is 6.29 Å². The Hall–Kier alpha value is -1.23. The van der Waals surface area contributed by atoms with E-state index in [1.54, 1.807) is 4.68 Å². The molecule has 0 radical (unpaired) electrons. The molecule has 0 fully saturated rings. The van der Waals surface area contributed by atoms with E-state index >= 15 is 0 Å². The fourth-order valence-corrected chi connectivity index (χ4v) is 1.23. The van der Waals surface area contributed by atoms with E-state index < -0.39 is 0 Å². The molecule has 1 aromatic heterocycles. The molecule has 0 unspecified atom stereocenters. The van der Waals surface area contributed by atoms with Gasteiger partial charge in [-0.15, -0.1) is 5.10 Å². The van der Waals surface area contributed by atoms with Crippen molar-refractivity contribution in [3.63, 3.8) is 0 Å². The summed E-state index contributed by atoms with van der Waals surface area (Å²) in [6, 6.07) is 0. The zero-order valence-corrected chi connectivity index (χ0v) is 8.90. The lowest BCUT2D eigenvalue weighted by Gasteiger charge is -2.09. The zero-order valence-electron chi connectivity index (χ0n) is 8.90. The molecule has 0 spiro atoms. The molecule has 0 amide bonds. The summed E-state index contributed by atoms with van der Waals surface area (Å²) in [5.74, 6) is 0. The van der Waals surface area contributed by atoms with Crippen LogP contribution in [0.5, 0.6) is 0 Å². The smallest absolute Gasteiger partial charge is 0.172 e. The predicted molar refractivity (Wildman–Crippen MR) is 53.3 cm³/mol. The van der Waals surface area contributed by atoms with Crippen LogP contribution in [-0.4, -0.2) is 46.8 Å². The fourth-order valence-electron chi connectivity index (χ4n) is 1.23. The lowest BCUT2D eigenvalue weighted by Crippen LogP contribution is -2.15. The van der Waals surface area contributed by atoms with Gasteiger partial charge in [-0.1, -0.05) is 5.21 Å². The average Bonchev–Trinajstić information content (AvgIpc) is 2.47. The number of aryl methyl sites for hydroxylation is 1. The van der Waals surface area contributed by atoms with Crippen molar-refractivity contribution < 1.29 is 4.79 Å². The third kappa shape index (κ3) is 2.63. The van der Waals surface area contributed by atoms with Crippen LogP contribution in [0.15, 0.2) is 0 Å². The molecule has 5 nitrogen and oxygen atoms in total. The lowest BCUT2D eigenvalue weighted by molar-refractivity contribution is 0.111. The van der Waals surface area contributed by atoms with Crippen LogP contribution in [0.4, 0.5) is 0 Å². The maximum absolute atomic E-state index is 10.5. The van der Waals surface area contributed by atoms with E-state index in [0.717, 1.165) is 31.5 Å². The molecule has 0 saturated heterocycles. The van der Waals surface area contributed by atoms with E-state index in [9.17, 15) is 4.79 Å². The van der Waals surface area contributed by atoms with Crippen LogP contribution >= 0.6 is 0 Å². The van der Waals surface area contributed by atoms with E-state index in [4.69, 9.17) is 0 Å². The van der Waals surface area contributed by atoms with E-state index in [1.165, 1.54) is 0 Å². The first kappa shape index (κ1) is 10.8. The maximum Gasteiger partial charge on any atom is 0.172 e. The van der Waals surface area contributed by atoms with Crippen LogP contribution in [0.3, 0.4) is 0 Å². The minimum absolute atomic E-state index is 0.440. The topological polar surface area (TPSA) is 51.0 Å². The summed E-state index contributed by atoms with van der Waals surface area (Å²) in [5, 5.41) is 7.66. The minimum Gasteiger partial charge on any atom is -0.309 e. The van der Waals surface area contributed by atoms with Gasteiger partial charge in [-0.2, -0.15) is 0 Å². The summed E-state index contributed by atoms with van der Waals surface area (Å²) in [6.07, 6.45) is 1.75.